The van der Waals surface area contributed by atoms with E-state index in [1.807, 2.05) is 0 Å². The van der Waals surface area contributed by atoms with Crippen molar-refractivity contribution in [3.05, 3.63) is 39.0 Å². The van der Waals surface area contributed by atoms with Crippen molar-refractivity contribution in [2.75, 3.05) is 0 Å². The zero-order valence-corrected chi connectivity index (χ0v) is 9.21. The molecular formula is C12H6O7. The van der Waals surface area contributed by atoms with E-state index in [0.29, 0.717) is 0 Å². The minimum atomic E-state index is -1.02. The fourth-order valence-electron chi connectivity index (χ4n) is 1.80. The molecule has 1 aromatic carbocycles. The predicted octanol–water partition coefficient (Wildman–Crippen LogP) is 1.02. The summed E-state index contributed by atoms with van der Waals surface area (Å²) in [7, 11) is 0. The first-order valence-electron chi connectivity index (χ1n) is 5.13. The minimum absolute atomic E-state index is 0.127. The maximum atomic E-state index is 11.7. The van der Waals surface area contributed by atoms with E-state index in [9.17, 15) is 24.9 Å². The van der Waals surface area contributed by atoms with Crippen molar-refractivity contribution >= 4 is 21.9 Å². The van der Waals surface area contributed by atoms with Crippen LogP contribution in [0, 0.1) is 0 Å². The lowest BCUT2D eigenvalue weighted by molar-refractivity contribution is 0.397. The number of benzene rings is 1. The number of hydrogen-bond donors (Lipinski definition) is 3. The van der Waals surface area contributed by atoms with Gasteiger partial charge in [0.1, 0.15) is 5.39 Å². The van der Waals surface area contributed by atoms with Crippen LogP contribution >= 0.6 is 0 Å². The normalized spacial score (nSPS) is 11.2. The summed E-state index contributed by atoms with van der Waals surface area (Å²) in [5, 5.41) is 28.2. The second kappa shape index (κ2) is 3.52. The smallest absolute Gasteiger partial charge is 0.378 e. The first-order valence-corrected chi connectivity index (χ1v) is 5.13. The average Bonchev–Trinajstić information content (AvgIpc) is 2.37. The molecular weight excluding hydrogens is 256 g/mol. The van der Waals surface area contributed by atoms with Crippen LogP contribution < -0.4 is 11.3 Å². The van der Waals surface area contributed by atoms with Crippen LogP contribution in [0.2, 0.25) is 0 Å². The van der Waals surface area contributed by atoms with Crippen LogP contribution in [0.5, 0.6) is 17.2 Å². The summed E-state index contributed by atoms with van der Waals surface area (Å²) in [5.41, 5.74) is -2.37. The lowest BCUT2D eigenvalue weighted by Gasteiger charge is -2.04. The Morgan fingerprint density at radius 2 is 1.47 bits per heavy atom. The molecule has 0 radical (unpaired) electrons. The second-order valence-electron chi connectivity index (χ2n) is 3.86. The van der Waals surface area contributed by atoms with Gasteiger partial charge in [0.15, 0.2) is 16.9 Å². The van der Waals surface area contributed by atoms with E-state index in [-0.39, 0.29) is 21.9 Å². The third-order valence-corrected chi connectivity index (χ3v) is 2.70. The highest BCUT2D eigenvalue weighted by atomic mass is 16.4. The fourth-order valence-corrected chi connectivity index (χ4v) is 1.80. The molecule has 0 atom stereocenters. The molecule has 0 saturated carbocycles. The highest BCUT2D eigenvalue weighted by Crippen LogP contribution is 2.35. The van der Waals surface area contributed by atoms with E-state index >= 15 is 0 Å². The van der Waals surface area contributed by atoms with Gasteiger partial charge in [-0.1, -0.05) is 0 Å². The predicted molar refractivity (Wildman–Crippen MR) is 63.5 cm³/mol. The maximum absolute atomic E-state index is 11.7. The molecule has 3 aromatic rings. The zero-order valence-electron chi connectivity index (χ0n) is 9.21. The van der Waals surface area contributed by atoms with Crippen molar-refractivity contribution in [1.29, 1.82) is 0 Å². The summed E-state index contributed by atoms with van der Waals surface area (Å²) in [6, 6.07) is 3.40. The summed E-state index contributed by atoms with van der Waals surface area (Å²) >= 11 is 0. The Hall–Kier alpha value is -2.96. The van der Waals surface area contributed by atoms with E-state index in [1.165, 1.54) is 6.07 Å². The molecule has 0 saturated heterocycles. The molecule has 96 valence electrons. The third kappa shape index (κ3) is 1.45. The Morgan fingerprint density at radius 1 is 0.789 bits per heavy atom. The number of aromatic hydroxyl groups is 3. The molecule has 2 heterocycles. The molecule has 0 spiro atoms. The van der Waals surface area contributed by atoms with Crippen LogP contribution in [0.1, 0.15) is 0 Å². The van der Waals surface area contributed by atoms with Gasteiger partial charge in [-0.2, -0.15) is 0 Å². The summed E-state index contributed by atoms with van der Waals surface area (Å²) in [6.07, 6.45) is 0. The Balaban J connectivity index is 2.68. The molecule has 0 aliphatic rings. The van der Waals surface area contributed by atoms with Crippen molar-refractivity contribution < 1.29 is 24.2 Å². The fraction of sp³-hybridized carbons (Fsp3) is 0. The number of hydrogen-bond acceptors (Lipinski definition) is 7. The van der Waals surface area contributed by atoms with Gasteiger partial charge in [-0.3, -0.25) is 0 Å². The van der Waals surface area contributed by atoms with Crippen LogP contribution in [-0.4, -0.2) is 15.3 Å². The quantitative estimate of drug-likeness (QED) is 0.314. The molecule has 7 heteroatoms. The van der Waals surface area contributed by atoms with Gasteiger partial charge in [-0.05, 0) is 12.1 Å². The van der Waals surface area contributed by atoms with E-state index < -0.39 is 28.5 Å². The number of rotatable bonds is 0. The number of phenols is 2. The van der Waals surface area contributed by atoms with E-state index in [1.54, 1.807) is 0 Å². The van der Waals surface area contributed by atoms with Gasteiger partial charge < -0.3 is 24.2 Å². The topological polar surface area (TPSA) is 121 Å². The maximum Gasteiger partial charge on any atom is 0.378 e. The molecule has 19 heavy (non-hydrogen) atoms. The van der Waals surface area contributed by atoms with Gasteiger partial charge in [0.2, 0.25) is 11.5 Å². The van der Waals surface area contributed by atoms with Crippen molar-refractivity contribution in [2.45, 2.75) is 0 Å². The Labute approximate surface area is 103 Å². The molecule has 0 bridgehead atoms. The van der Waals surface area contributed by atoms with Gasteiger partial charge in [0.05, 0.1) is 5.39 Å². The minimum Gasteiger partial charge on any atom is -0.504 e. The number of fused-ring (bicyclic) bond motifs is 3. The van der Waals surface area contributed by atoms with Gasteiger partial charge in [0.25, 0.3) is 0 Å². The SMILES string of the molecule is O=c1oc2c(cc1O)c(=O)oc1c(O)c(O)ccc12. The van der Waals surface area contributed by atoms with Crippen molar-refractivity contribution in [3.63, 3.8) is 0 Å². The summed E-state index contributed by atoms with van der Waals surface area (Å²) in [6.45, 7) is 0. The molecule has 3 N–H and O–H groups in total. The van der Waals surface area contributed by atoms with Gasteiger partial charge >= 0.3 is 11.3 Å². The molecule has 2 aromatic heterocycles. The van der Waals surface area contributed by atoms with Crippen LogP contribution in [-0.2, 0) is 0 Å². The lowest BCUT2D eigenvalue weighted by atomic mass is 10.1. The van der Waals surface area contributed by atoms with Gasteiger partial charge in [-0.15, -0.1) is 0 Å². The van der Waals surface area contributed by atoms with Crippen molar-refractivity contribution in [3.8, 4) is 17.2 Å². The van der Waals surface area contributed by atoms with Crippen LogP contribution in [0.15, 0.2) is 36.6 Å². The molecule has 0 aliphatic heterocycles. The number of phenolic OH excluding ortho intramolecular Hbond substituents is 2. The zero-order chi connectivity index (χ0) is 13.7. The Kier molecular flexibility index (Phi) is 2.06. The van der Waals surface area contributed by atoms with Crippen LogP contribution in [0.4, 0.5) is 0 Å². The molecule has 0 amide bonds. The highest BCUT2D eigenvalue weighted by Gasteiger charge is 2.16. The van der Waals surface area contributed by atoms with Crippen LogP contribution in [0.25, 0.3) is 21.9 Å². The summed E-state index contributed by atoms with van der Waals surface area (Å²) in [5.74, 6) is -1.83. The Morgan fingerprint density at radius 3 is 2.21 bits per heavy atom. The summed E-state index contributed by atoms with van der Waals surface area (Å²) in [4.78, 5) is 23.0. The van der Waals surface area contributed by atoms with Crippen molar-refractivity contribution in [2.24, 2.45) is 0 Å². The lowest BCUT2D eigenvalue weighted by Crippen LogP contribution is -2.05. The Bertz CT molecular complexity index is 933. The van der Waals surface area contributed by atoms with E-state index in [4.69, 9.17) is 8.83 Å². The molecule has 7 nitrogen and oxygen atoms in total. The van der Waals surface area contributed by atoms with E-state index in [2.05, 4.69) is 0 Å². The van der Waals surface area contributed by atoms with E-state index in [0.717, 1.165) is 12.1 Å². The average molecular weight is 262 g/mol. The highest BCUT2D eigenvalue weighted by molar-refractivity contribution is 6.03. The molecule has 3 rings (SSSR count). The largest absolute Gasteiger partial charge is 0.504 e. The first kappa shape index (κ1) is 11.1. The van der Waals surface area contributed by atoms with Crippen molar-refractivity contribution in [1.82, 2.24) is 0 Å². The molecule has 0 fully saturated rings. The van der Waals surface area contributed by atoms with Gasteiger partial charge in [0, 0.05) is 6.07 Å². The van der Waals surface area contributed by atoms with Crippen LogP contribution in [0.3, 0.4) is 0 Å². The third-order valence-electron chi connectivity index (χ3n) is 2.70. The molecule has 0 aliphatic carbocycles. The standard InChI is InChI=1S/C12H6O7/c13-6-2-1-4-9-5(3-7(14)12(17)18-9)11(16)19-10(4)8(6)15/h1-3,13-15H. The summed E-state index contributed by atoms with van der Waals surface area (Å²) < 4.78 is 9.67. The molecule has 0 unspecified atom stereocenters. The van der Waals surface area contributed by atoms with Gasteiger partial charge in [-0.25, -0.2) is 9.59 Å². The second-order valence-corrected chi connectivity index (χ2v) is 3.86. The monoisotopic (exact) mass is 262 g/mol. The first-order chi connectivity index (χ1) is 8.99.